The predicted molar refractivity (Wildman–Crippen MR) is 87.4 cm³/mol. The molecule has 0 amide bonds. The maximum Gasteiger partial charge on any atom is 0.119 e. The molecule has 0 aromatic heterocycles. The summed E-state index contributed by atoms with van der Waals surface area (Å²) in [6.45, 7) is 2.78. The van der Waals surface area contributed by atoms with E-state index in [1.807, 2.05) is 24.3 Å². The molecule has 0 unspecified atom stereocenters. The van der Waals surface area contributed by atoms with Crippen LogP contribution in [0.1, 0.15) is 11.1 Å². The van der Waals surface area contributed by atoms with E-state index < -0.39 is 0 Å². The molecule has 0 heterocycles. The van der Waals surface area contributed by atoms with Crippen LogP contribution in [-0.4, -0.2) is 27.4 Å². The van der Waals surface area contributed by atoms with Gasteiger partial charge < -0.3 is 19.5 Å². The summed E-state index contributed by atoms with van der Waals surface area (Å²) < 4.78 is 15.7. The van der Waals surface area contributed by atoms with Crippen LogP contribution in [0.5, 0.6) is 11.5 Å². The first-order valence-electron chi connectivity index (χ1n) is 7.36. The summed E-state index contributed by atoms with van der Waals surface area (Å²) >= 11 is 0. The van der Waals surface area contributed by atoms with Crippen molar-refractivity contribution in [2.75, 3.05) is 27.4 Å². The standard InChI is InChI=1S/C18H23NO3/c1-20-10-11-22-18-5-3-4-16(12-18)14-19-13-15-6-8-17(21-2)9-7-15/h3-9,12,19H,10-11,13-14H2,1-2H3. The van der Waals surface area contributed by atoms with Gasteiger partial charge in [0.1, 0.15) is 18.1 Å². The van der Waals surface area contributed by atoms with E-state index in [-0.39, 0.29) is 0 Å². The number of nitrogens with one attached hydrogen (secondary N) is 1. The highest BCUT2D eigenvalue weighted by molar-refractivity contribution is 5.29. The lowest BCUT2D eigenvalue weighted by Gasteiger charge is -2.09. The summed E-state index contributed by atoms with van der Waals surface area (Å²) in [6, 6.07) is 16.2. The molecule has 2 aromatic rings. The Morgan fingerprint density at radius 1 is 0.818 bits per heavy atom. The summed E-state index contributed by atoms with van der Waals surface area (Å²) in [6.07, 6.45) is 0. The van der Waals surface area contributed by atoms with E-state index in [0.717, 1.165) is 24.6 Å². The molecule has 118 valence electrons. The molecule has 22 heavy (non-hydrogen) atoms. The zero-order chi connectivity index (χ0) is 15.6. The van der Waals surface area contributed by atoms with Gasteiger partial charge in [-0.2, -0.15) is 0 Å². The van der Waals surface area contributed by atoms with Crippen molar-refractivity contribution in [2.45, 2.75) is 13.1 Å². The van der Waals surface area contributed by atoms with Crippen molar-refractivity contribution >= 4 is 0 Å². The maximum absolute atomic E-state index is 5.61. The molecular formula is C18H23NO3. The molecule has 1 N–H and O–H groups in total. The van der Waals surface area contributed by atoms with Gasteiger partial charge in [0, 0.05) is 20.2 Å². The Labute approximate surface area is 132 Å². The first-order chi connectivity index (χ1) is 10.8. The van der Waals surface area contributed by atoms with Crippen LogP contribution < -0.4 is 14.8 Å². The van der Waals surface area contributed by atoms with Crippen LogP contribution in [0.3, 0.4) is 0 Å². The minimum atomic E-state index is 0.569. The molecule has 2 rings (SSSR count). The minimum absolute atomic E-state index is 0.569. The largest absolute Gasteiger partial charge is 0.497 e. The fourth-order valence-electron chi connectivity index (χ4n) is 2.08. The van der Waals surface area contributed by atoms with Crippen LogP contribution >= 0.6 is 0 Å². The lowest BCUT2D eigenvalue weighted by molar-refractivity contribution is 0.146. The molecule has 0 fully saturated rings. The van der Waals surface area contributed by atoms with E-state index in [2.05, 4.69) is 29.6 Å². The average Bonchev–Trinajstić information content (AvgIpc) is 2.56. The molecule has 0 aliphatic rings. The van der Waals surface area contributed by atoms with Gasteiger partial charge in [0.2, 0.25) is 0 Å². The third-order valence-electron chi connectivity index (χ3n) is 3.27. The monoisotopic (exact) mass is 301 g/mol. The molecule has 0 aliphatic heterocycles. The molecule has 0 atom stereocenters. The fraction of sp³-hybridized carbons (Fsp3) is 0.333. The molecule has 0 saturated heterocycles. The number of hydrogen-bond acceptors (Lipinski definition) is 4. The summed E-state index contributed by atoms with van der Waals surface area (Å²) in [5.74, 6) is 1.76. The molecule has 0 aliphatic carbocycles. The van der Waals surface area contributed by atoms with Crippen molar-refractivity contribution in [1.29, 1.82) is 0 Å². The summed E-state index contributed by atoms with van der Waals surface area (Å²) in [7, 11) is 3.35. The van der Waals surface area contributed by atoms with E-state index in [0.29, 0.717) is 13.2 Å². The van der Waals surface area contributed by atoms with Crippen molar-refractivity contribution in [3.63, 3.8) is 0 Å². The van der Waals surface area contributed by atoms with Crippen molar-refractivity contribution < 1.29 is 14.2 Å². The lowest BCUT2D eigenvalue weighted by atomic mass is 10.2. The van der Waals surface area contributed by atoms with Gasteiger partial charge in [0.05, 0.1) is 13.7 Å². The number of methoxy groups -OCH3 is 2. The maximum atomic E-state index is 5.61. The Morgan fingerprint density at radius 3 is 2.32 bits per heavy atom. The number of ether oxygens (including phenoxy) is 3. The molecule has 4 nitrogen and oxygen atoms in total. The zero-order valence-electron chi connectivity index (χ0n) is 13.2. The topological polar surface area (TPSA) is 39.7 Å². The number of benzene rings is 2. The van der Waals surface area contributed by atoms with Gasteiger partial charge in [-0.3, -0.25) is 0 Å². The minimum Gasteiger partial charge on any atom is -0.497 e. The van der Waals surface area contributed by atoms with Gasteiger partial charge in [-0.15, -0.1) is 0 Å². The third kappa shape index (κ3) is 5.39. The molecule has 4 heteroatoms. The molecule has 0 bridgehead atoms. The Bertz CT molecular complexity index is 555. The second-order valence-electron chi connectivity index (χ2n) is 4.94. The second kappa shape index (κ2) is 9.07. The van der Waals surface area contributed by atoms with Gasteiger partial charge in [0.25, 0.3) is 0 Å². The smallest absolute Gasteiger partial charge is 0.119 e. The zero-order valence-corrected chi connectivity index (χ0v) is 13.2. The average molecular weight is 301 g/mol. The quantitative estimate of drug-likeness (QED) is 0.723. The summed E-state index contributed by atoms with van der Waals surface area (Å²) in [4.78, 5) is 0. The highest BCUT2D eigenvalue weighted by Gasteiger charge is 1.98. The Hall–Kier alpha value is -2.04. The predicted octanol–water partition coefficient (Wildman–Crippen LogP) is 3.01. The third-order valence-corrected chi connectivity index (χ3v) is 3.27. The van der Waals surface area contributed by atoms with E-state index in [1.165, 1.54) is 11.1 Å². The molecule has 0 spiro atoms. The molecular weight excluding hydrogens is 278 g/mol. The van der Waals surface area contributed by atoms with Crippen molar-refractivity contribution in [3.05, 3.63) is 59.7 Å². The fourth-order valence-corrected chi connectivity index (χ4v) is 2.08. The second-order valence-corrected chi connectivity index (χ2v) is 4.94. The van der Waals surface area contributed by atoms with Crippen molar-refractivity contribution in [1.82, 2.24) is 5.32 Å². The highest BCUT2D eigenvalue weighted by Crippen LogP contribution is 2.14. The van der Waals surface area contributed by atoms with Crippen LogP contribution in [0, 0.1) is 0 Å². The van der Waals surface area contributed by atoms with Gasteiger partial charge in [-0.25, -0.2) is 0 Å². The van der Waals surface area contributed by atoms with Gasteiger partial charge in [0.15, 0.2) is 0 Å². The van der Waals surface area contributed by atoms with Crippen LogP contribution in [0.25, 0.3) is 0 Å². The Balaban J connectivity index is 1.79. The van der Waals surface area contributed by atoms with Gasteiger partial charge in [-0.1, -0.05) is 24.3 Å². The van der Waals surface area contributed by atoms with Crippen LogP contribution in [0.15, 0.2) is 48.5 Å². The van der Waals surface area contributed by atoms with E-state index >= 15 is 0 Å². The summed E-state index contributed by atoms with van der Waals surface area (Å²) in [5, 5.41) is 3.43. The van der Waals surface area contributed by atoms with Crippen molar-refractivity contribution in [3.8, 4) is 11.5 Å². The van der Waals surface area contributed by atoms with Crippen LogP contribution in [-0.2, 0) is 17.8 Å². The first kappa shape index (κ1) is 16.3. The highest BCUT2D eigenvalue weighted by atomic mass is 16.5. The van der Waals surface area contributed by atoms with E-state index in [4.69, 9.17) is 14.2 Å². The number of rotatable bonds is 9. The Kier molecular flexibility index (Phi) is 6.74. The van der Waals surface area contributed by atoms with Crippen molar-refractivity contribution in [2.24, 2.45) is 0 Å². The summed E-state index contributed by atoms with van der Waals surface area (Å²) in [5.41, 5.74) is 2.43. The normalized spacial score (nSPS) is 10.5. The SMILES string of the molecule is COCCOc1cccc(CNCc2ccc(OC)cc2)c1. The van der Waals surface area contributed by atoms with E-state index in [1.54, 1.807) is 14.2 Å². The van der Waals surface area contributed by atoms with Gasteiger partial charge in [-0.05, 0) is 35.4 Å². The molecule has 0 saturated carbocycles. The Morgan fingerprint density at radius 2 is 1.59 bits per heavy atom. The molecule has 2 aromatic carbocycles. The van der Waals surface area contributed by atoms with E-state index in [9.17, 15) is 0 Å². The number of hydrogen-bond donors (Lipinski definition) is 1. The van der Waals surface area contributed by atoms with Crippen LogP contribution in [0.4, 0.5) is 0 Å². The lowest BCUT2D eigenvalue weighted by Crippen LogP contribution is -2.12. The molecule has 0 radical (unpaired) electrons. The first-order valence-corrected chi connectivity index (χ1v) is 7.36. The van der Waals surface area contributed by atoms with Crippen LogP contribution in [0.2, 0.25) is 0 Å². The van der Waals surface area contributed by atoms with Gasteiger partial charge >= 0.3 is 0 Å².